The SMILES string of the molecule is c1ccc(Nc2ccc(-c3ccc4c(c3)c3ccccc3n4-c3ccc4cc(-c5ccccc5)ccc4c3)cc2-c2ccccc2)cc1. The molecule has 0 amide bonds. The van der Waals surface area contributed by atoms with Crippen molar-refractivity contribution in [2.45, 2.75) is 0 Å². The van der Waals surface area contributed by atoms with Crippen LogP contribution in [-0.4, -0.2) is 4.57 Å². The van der Waals surface area contributed by atoms with Crippen molar-refractivity contribution in [2.24, 2.45) is 0 Å². The lowest BCUT2D eigenvalue weighted by molar-refractivity contribution is 1.19. The van der Waals surface area contributed by atoms with Gasteiger partial charge in [0.1, 0.15) is 0 Å². The fourth-order valence-corrected chi connectivity index (χ4v) is 6.98. The van der Waals surface area contributed by atoms with Crippen molar-refractivity contribution in [1.29, 1.82) is 0 Å². The molecule has 0 aliphatic rings. The molecule has 226 valence electrons. The van der Waals surface area contributed by atoms with E-state index in [1.54, 1.807) is 0 Å². The van der Waals surface area contributed by atoms with E-state index in [4.69, 9.17) is 0 Å². The number of anilines is 2. The maximum absolute atomic E-state index is 3.65. The number of nitrogens with one attached hydrogen (secondary N) is 1. The highest BCUT2D eigenvalue weighted by Crippen LogP contribution is 2.39. The van der Waals surface area contributed by atoms with Gasteiger partial charge in [0.2, 0.25) is 0 Å². The zero-order valence-corrected chi connectivity index (χ0v) is 26.3. The lowest BCUT2D eigenvalue weighted by Crippen LogP contribution is -1.95. The Balaban J connectivity index is 1.15. The molecule has 1 heterocycles. The van der Waals surface area contributed by atoms with Crippen LogP contribution in [0.3, 0.4) is 0 Å². The third kappa shape index (κ3) is 5.01. The molecule has 0 fully saturated rings. The number of nitrogens with zero attached hydrogens (tertiary/aromatic N) is 1. The first-order chi connectivity index (χ1) is 23.8. The van der Waals surface area contributed by atoms with Crippen LogP contribution in [0.1, 0.15) is 0 Å². The Morgan fingerprint density at radius 3 is 1.75 bits per heavy atom. The minimum atomic E-state index is 1.07. The molecule has 0 aliphatic heterocycles. The van der Waals surface area contributed by atoms with Crippen molar-refractivity contribution < 1.29 is 0 Å². The number of hydrogen-bond donors (Lipinski definition) is 1. The summed E-state index contributed by atoms with van der Waals surface area (Å²) in [6.45, 7) is 0. The van der Waals surface area contributed by atoms with Crippen LogP contribution in [0.25, 0.3) is 71.6 Å². The van der Waals surface area contributed by atoms with E-state index in [-0.39, 0.29) is 0 Å². The number of para-hydroxylation sites is 2. The van der Waals surface area contributed by atoms with Gasteiger partial charge in [-0.1, -0.05) is 127 Å². The predicted molar refractivity (Wildman–Crippen MR) is 204 cm³/mol. The second-order valence-electron chi connectivity index (χ2n) is 12.3. The van der Waals surface area contributed by atoms with Crippen molar-refractivity contribution in [1.82, 2.24) is 4.57 Å². The molecule has 0 saturated carbocycles. The lowest BCUT2D eigenvalue weighted by atomic mass is 9.96. The van der Waals surface area contributed by atoms with E-state index in [0.29, 0.717) is 0 Å². The molecule has 0 saturated heterocycles. The first-order valence-corrected chi connectivity index (χ1v) is 16.4. The summed E-state index contributed by atoms with van der Waals surface area (Å²) in [5.41, 5.74) is 12.9. The topological polar surface area (TPSA) is 17.0 Å². The summed E-state index contributed by atoms with van der Waals surface area (Å²) < 4.78 is 2.40. The molecule has 2 nitrogen and oxygen atoms in total. The van der Waals surface area contributed by atoms with Gasteiger partial charge in [-0.25, -0.2) is 0 Å². The molecule has 0 aliphatic carbocycles. The summed E-state index contributed by atoms with van der Waals surface area (Å²) in [7, 11) is 0. The molecule has 0 radical (unpaired) electrons. The maximum atomic E-state index is 3.65. The van der Waals surface area contributed by atoms with Gasteiger partial charge in [0.15, 0.2) is 0 Å². The van der Waals surface area contributed by atoms with E-state index in [9.17, 15) is 0 Å². The maximum Gasteiger partial charge on any atom is 0.0541 e. The van der Waals surface area contributed by atoms with Crippen molar-refractivity contribution in [3.8, 4) is 39.1 Å². The zero-order valence-electron chi connectivity index (χ0n) is 26.3. The fourth-order valence-electron chi connectivity index (χ4n) is 6.98. The third-order valence-corrected chi connectivity index (χ3v) is 9.35. The van der Waals surface area contributed by atoms with Crippen LogP contribution < -0.4 is 5.32 Å². The number of benzene rings is 8. The second kappa shape index (κ2) is 11.8. The van der Waals surface area contributed by atoms with Crippen molar-refractivity contribution >= 4 is 44.0 Å². The van der Waals surface area contributed by atoms with Crippen LogP contribution in [-0.2, 0) is 0 Å². The van der Waals surface area contributed by atoms with Crippen LogP contribution in [0, 0.1) is 0 Å². The smallest absolute Gasteiger partial charge is 0.0541 e. The first kappa shape index (κ1) is 27.9. The predicted octanol–water partition coefficient (Wildman–Crippen LogP) is 12.7. The van der Waals surface area contributed by atoms with Gasteiger partial charge < -0.3 is 9.88 Å². The average molecular weight is 613 g/mol. The molecule has 8 aromatic carbocycles. The van der Waals surface area contributed by atoms with Gasteiger partial charge in [-0.05, 0) is 99.3 Å². The van der Waals surface area contributed by atoms with E-state index in [2.05, 4.69) is 192 Å². The van der Waals surface area contributed by atoms with Crippen LogP contribution in [0.15, 0.2) is 188 Å². The fraction of sp³-hybridized carbons (Fsp3) is 0. The van der Waals surface area contributed by atoms with E-state index < -0.39 is 0 Å². The van der Waals surface area contributed by atoms with Gasteiger partial charge in [-0.3, -0.25) is 0 Å². The largest absolute Gasteiger partial charge is 0.355 e. The van der Waals surface area contributed by atoms with Gasteiger partial charge in [-0.15, -0.1) is 0 Å². The number of hydrogen-bond acceptors (Lipinski definition) is 1. The van der Waals surface area contributed by atoms with Crippen LogP contribution >= 0.6 is 0 Å². The molecule has 0 bridgehead atoms. The molecule has 1 N–H and O–H groups in total. The van der Waals surface area contributed by atoms with Gasteiger partial charge in [0, 0.05) is 33.4 Å². The highest BCUT2D eigenvalue weighted by molar-refractivity contribution is 6.11. The van der Waals surface area contributed by atoms with Gasteiger partial charge in [-0.2, -0.15) is 0 Å². The Morgan fingerprint density at radius 2 is 0.938 bits per heavy atom. The van der Waals surface area contributed by atoms with Gasteiger partial charge in [0.05, 0.1) is 11.0 Å². The van der Waals surface area contributed by atoms with Crippen LogP contribution in [0.2, 0.25) is 0 Å². The minimum Gasteiger partial charge on any atom is -0.355 e. The highest BCUT2D eigenvalue weighted by atomic mass is 15.0. The van der Waals surface area contributed by atoms with E-state index in [0.717, 1.165) is 17.1 Å². The summed E-state index contributed by atoms with van der Waals surface area (Å²) in [6, 6.07) is 67.6. The van der Waals surface area contributed by atoms with E-state index in [1.807, 2.05) is 6.07 Å². The van der Waals surface area contributed by atoms with Gasteiger partial charge >= 0.3 is 0 Å². The van der Waals surface area contributed by atoms with Crippen LogP contribution in [0.4, 0.5) is 11.4 Å². The number of aromatic nitrogens is 1. The molecule has 9 rings (SSSR count). The van der Waals surface area contributed by atoms with Gasteiger partial charge in [0.25, 0.3) is 0 Å². The minimum absolute atomic E-state index is 1.07. The Bertz CT molecular complexity index is 2560. The summed E-state index contributed by atoms with van der Waals surface area (Å²) in [6.07, 6.45) is 0. The molecular weight excluding hydrogens is 581 g/mol. The summed E-state index contributed by atoms with van der Waals surface area (Å²) in [4.78, 5) is 0. The first-order valence-electron chi connectivity index (χ1n) is 16.4. The van der Waals surface area contributed by atoms with Crippen molar-refractivity contribution in [3.63, 3.8) is 0 Å². The molecule has 0 unspecified atom stereocenters. The second-order valence-corrected chi connectivity index (χ2v) is 12.3. The quantitative estimate of drug-likeness (QED) is 0.198. The Morgan fingerprint density at radius 1 is 0.354 bits per heavy atom. The Hall–Kier alpha value is -6.38. The Labute approximate surface area is 280 Å². The number of rotatable bonds is 6. The molecular formula is C46H32N2. The molecule has 0 spiro atoms. The summed E-state index contributed by atoms with van der Waals surface area (Å²) >= 11 is 0. The third-order valence-electron chi connectivity index (χ3n) is 9.35. The summed E-state index contributed by atoms with van der Waals surface area (Å²) in [5.74, 6) is 0. The normalized spacial score (nSPS) is 11.3. The van der Waals surface area contributed by atoms with Crippen molar-refractivity contribution in [3.05, 3.63) is 188 Å². The lowest BCUT2D eigenvalue weighted by Gasteiger charge is -2.15. The highest BCUT2D eigenvalue weighted by Gasteiger charge is 2.15. The number of fused-ring (bicyclic) bond motifs is 4. The van der Waals surface area contributed by atoms with Crippen molar-refractivity contribution in [2.75, 3.05) is 5.32 Å². The monoisotopic (exact) mass is 612 g/mol. The Kier molecular flexibility index (Phi) is 6.84. The van der Waals surface area contributed by atoms with E-state index >= 15 is 0 Å². The molecule has 1 aromatic heterocycles. The van der Waals surface area contributed by atoms with E-state index in [1.165, 1.54) is 66.0 Å². The standard InChI is InChI=1S/C46H32N2/c1-4-12-32(13-5-1)34-20-21-36-29-40(25-22-35(36)28-34)48-45-19-11-10-18-41(45)43-31-38(24-27-46(43)48)37-23-26-44(47-39-16-8-3-9-17-39)42(30-37)33-14-6-2-7-15-33/h1-31,47H. The molecule has 0 atom stereocenters. The molecule has 2 heteroatoms. The summed E-state index contributed by atoms with van der Waals surface area (Å²) in [5, 5.41) is 8.61. The average Bonchev–Trinajstić information content (AvgIpc) is 3.49. The molecule has 9 aromatic rings. The van der Waals surface area contributed by atoms with Crippen LogP contribution in [0.5, 0.6) is 0 Å². The molecule has 48 heavy (non-hydrogen) atoms. The zero-order chi connectivity index (χ0) is 31.9.